The van der Waals surface area contributed by atoms with Gasteiger partial charge in [-0.2, -0.15) is 0 Å². The topological polar surface area (TPSA) is 61.9 Å². The van der Waals surface area contributed by atoms with Gasteiger partial charge in [-0.25, -0.2) is 14.4 Å². The van der Waals surface area contributed by atoms with Crippen LogP contribution in [-0.2, 0) is 0 Å². The summed E-state index contributed by atoms with van der Waals surface area (Å²) < 4.78 is 14.2. The minimum absolute atomic E-state index is 0.242. The van der Waals surface area contributed by atoms with Crippen molar-refractivity contribution in [3.63, 3.8) is 0 Å². The summed E-state index contributed by atoms with van der Waals surface area (Å²) in [5.74, 6) is 0.630. The second-order valence-electron chi connectivity index (χ2n) is 8.67. The molecule has 0 radical (unpaired) electrons. The Morgan fingerprint density at radius 1 is 0.889 bits per heavy atom. The molecule has 5 nitrogen and oxygen atoms in total. The molecule has 0 spiro atoms. The lowest BCUT2D eigenvalue weighted by atomic mass is 10.1. The van der Waals surface area contributed by atoms with Crippen LogP contribution in [0.3, 0.4) is 0 Å². The second kappa shape index (κ2) is 10.2. The number of benzene rings is 3. The zero-order chi connectivity index (χ0) is 25.1. The fourth-order valence-electron chi connectivity index (χ4n) is 3.85. The van der Waals surface area contributed by atoms with Crippen LogP contribution in [0.4, 0.5) is 27.4 Å². The van der Waals surface area contributed by atoms with E-state index in [-0.39, 0.29) is 5.56 Å². The summed E-state index contributed by atoms with van der Waals surface area (Å²) in [6.07, 6.45) is 4.15. The monoisotopic (exact) mass is 497 g/mol. The molecule has 0 aliphatic heterocycles. The Balaban J connectivity index is 1.27. The molecule has 0 unspecified atom stereocenters. The van der Waals surface area contributed by atoms with Crippen LogP contribution in [0.1, 0.15) is 18.4 Å². The van der Waals surface area contributed by atoms with Crippen molar-refractivity contribution in [1.29, 1.82) is 0 Å². The molecule has 1 heterocycles. The van der Waals surface area contributed by atoms with E-state index >= 15 is 0 Å². The molecule has 1 aromatic heterocycles. The molecule has 180 valence electrons. The van der Waals surface area contributed by atoms with Gasteiger partial charge in [-0.15, -0.1) is 0 Å². The SMILES string of the molecule is C=C(Nc1cccc(Nc2nccc(-c3ccc(NC(=C)C4CC4)cc3)n2)c1)c1c(F)cccc1Cl. The number of halogens is 2. The summed E-state index contributed by atoms with van der Waals surface area (Å²) in [5, 5.41) is 10.0. The molecule has 7 heteroatoms. The summed E-state index contributed by atoms with van der Waals surface area (Å²) >= 11 is 6.16. The van der Waals surface area contributed by atoms with Gasteiger partial charge in [0, 0.05) is 40.2 Å². The molecule has 3 aromatic carbocycles. The van der Waals surface area contributed by atoms with E-state index in [0.29, 0.717) is 22.6 Å². The van der Waals surface area contributed by atoms with Gasteiger partial charge in [-0.05, 0) is 67.3 Å². The zero-order valence-corrected chi connectivity index (χ0v) is 20.3. The van der Waals surface area contributed by atoms with E-state index in [1.807, 2.05) is 54.6 Å². The number of nitrogens with zero attached hydrogens (tertiary/aromatic N) is 2. The molecule has 1 aliphatic carbocycles. The van der Waals surface area contributed by atoms with Crippen molar-refractivity contribution in [3.05, 3.63) is 114 Å². The van der Waals surface area contributed by atoms with Crippen LogP contribution in [0.15, 0.2) is 97.8 Å². The van der Waals surface area contributed by atoms with Gasteiger partial charge in [-0.1, -0.05) is 49.0 Å². The predicted molar refractivity (Wildman–Crippen MR) is 147 cm³/mol. The fourth-order valence-corrected chi connectivity index (χ4v) is 4.13. The quantitative estimate of drug-likeness (QED) is 0.218. The first kappa shape index (κ1) is 23.6. The maximum Gasteiger partial charge on any atom is 0.227 e. The second-order valence-corrected chi connectivity index (χ2v) is 9.08. The van der Waals surface area contributed by atoms with Gasteiger partial charge in [0.2, 0.25) is 5.95 Å². The Bertz CT molecular complexity index is 1410. The van der Waals surface area contributed by atoms with Crippen LogP contribution < -0.4 is 16.0 Å². The van der Waals surface area contributed by atoms with Crippen molar-refractivity contribution in [2.45, 2.75) is 12.8 Å². The van der Waals surface area contributed by atoms with Gasteiger partial charge in [0.05, 0.1) is 16.3 Å². The summed E-state index contributed by atoms with van der Waals surface area (Å²) in [7, 11) is 0. The number of hydrogen-bond donors (Lipinski definition) is 3. The standard InChI is InChI=1S/C29H25ClFN5/c1-18(20-9-10-20)33-22-13-11-21(12-14-22)27-15-16-32-29(36-27)35-24-6-3-5-23(17-24)34-19(2)28-25(30)7-4-8-26(28)31/h3-8,11-17,20,33-34H,1-2,9-10H2,(H,32,35,36). The van der Waals surface area contributed by atoms with Gasteiger partial charge < -0.3 is 16.0 Å². The Morgan fingerprint density at radius 3 is 2.39 bits per heavy atom. The fraction of sp³-hybridized carbons (Fsp3) is 0.103. The van der Waals surface area contributed by atoms with E-state index in [1.165, 1.54) is 18.9 Å². The molecule has 1 fully saturated rings. The van der Waals surface area contributed by atoms with Crippen molar-refractivity contribution < 1.29 is 4.39 Å². The van der Waals surface area contributed by atoms with Crippen molar-refractivity contribution >= 4 is 40.3 Å². The van der Waals surface area contributed by atoms with Crippen LogP contribution >= 0.6 is 11.6 Å². The minimum Gasteiger partial charge on any atom is -0.359 e. The average molecular weight is 498 g/mol. The molecule has 4 aromatic rings. The Morgan fingerprint density at radius 2 is 1.64 bits per heavy atom. The van der Waals surface area contributed by atoms with E-state index in [1.54, 1.807) is 18.3 Å². The molecule has 0 bridgehead atoms. The number of rotatable bonds is 9. The molecule has 36 heavy (non-hydrogen) atoms. The number of hydrogen-bond acceptors (Lipinski definition) is 5. The molecule has 3 N–H and O–H groups in total. The molecule has 5 rings (SSSR count). The summed E-state index contributed by atoms with van der Waals surface area (Å²) in [4.78, 5) is 9.02. The minimum atomic E-state index is -0.434. The highest BCUT2D eigenvalue weighted by molar-refractivity contribution is 6.32. The highest BCUT2D eigenvalue weighted by atomic mass is 35.5. The van der Waals surface area contributed by atoms with Crippen molar-refractivity contribution in [1.82, 2.24) is 9.97 Å². The lowest BCUT2D eigenvalue weighted by Gasteiger charge is -2.14. The van der Waals surface area contributed by atoms with E-state index in [0.717, 1.165) is 34.0 Å². The molecule has 1 aliphatic rings. The van der Waals surface area contributed by atoms with Crippen LogP contribution in [0.25, 0.3) is 17.0 Å². The van der Waals surface area contributed by atoms with Crippen molar-refractivity contribution in [2.75, 3.05) is 16.0 Å². The molecule has 0 saturated heterocycles. The Labute approximate surface area is 214 Å². The maximum absolute atomic E-state index is 14.2. The van der Waals surface area contributed by atoms with Crippen LogP contribution in [0.2, 0.25) is 5.02 Å². The van der Waals surface area contributed by atoms with E-state index in [4.69, 9.17) is 11.6 Å². The maximum atomic E-state index is 14.2. The Hall–Kier alpha value is -4.16. The van der Waals surface area contributed by atoms with Crippen LogP contribution in [0, 0.1) is 11.7 Å². The summed E-state index contributed by atoms with van der Waals surface area (Å²) in [6, 6.07) is 22.0. The van der Waals surface area contributed by atoms with E-state index in [2.05, 4.69) is 39.1 Å². The van der Waals surface area contributed by atoms with Gasteiger partial charge in [-0.3, -0.25) is 0 Å². The number of anilines is 4. The Kier molecular flexibility index (Phi) is 6.69. The van der Waals surface area contributed by atoms with Gasteiger partial charge in [0.15, 0.2) is 0 Å². The predicted octanol–water partition coefficient (Wildman–Crippen LogP) is 8.10. The van der Waals surface area contributed by atoms with E-state index < -0.39 is 5.82 Å². The first-order chi connectivity index (χ1) is 17.5. The number of allylic oxidation sites excluding steroid dienone is 1. The molecule has 0 atom stereocenters. The van der Waals surface area contributed by atoms with Crippen molar-refractivity contribution in [2.24, 2.45) is 5.92 Å². The summed E-state index contributed by atoms with van der Waals surface area (Å²) in [5.41, 5.74) is 5.98. The smallest absolute Gasteiger partial charge is 0.227 e. The van der Waals surface area contributed by atoms with Gasteiger partial charge >= 0.3 is 0 Å². The lowest BCUT2D eigenvalue weighted by Crippen LogP contribution is -2.02. The van der Waals surface area contributed by atoms with Crippen molar-refractivity contribution in [3.8, 4) is 11.3 Å². The largest absolute Gasteiger partial charge is 0.359 e. The summed E-state index contributed by atoms with van der Waals surface area (Å²) in [6.45, 7) is 8.06. The average Bonchev–Trinajstić information content (AvgIpc) is 3.71. The van der Waals surface area contributed by atoms with Crippen LogP contribution in [0.5, 0.6) is 0 Å². The van der Waals surface area contributed by atoms with Gasteiger partial charge in [0.25, 0.3) is 0 Å². The highest BCUT2D eigenvalue weighted by Gasteiger charge is 2.24. The normalized spacial score (nSPS) is 12.6. The third-order valence-electron chi connectivity index (χ3n) is 5.89. The molecule has 1 saturated carbocycles. The highest BCUT2D eigenvalue weighted by Crippen LogP contribution is 2.36. The molecular formula is C29H25ClFN5. The molecular weight excluding hydrogens is 473 g/mol. The molecule has 0 amide bonds. The van der Waals surface area contributed by atoms with Gasteiger partial charge in [0.1, 0.15) is 5.82 Å². The lowest BCUT2D eigenvalue weighted by molar-refractivity contribution is 0.624. The third kappa shape index (κ3) is 5.56. The third-order valence-corrected chi connectivity index (χ3v) is 6.20. The first-order valence-electron chi connectivity index (χ1n) is 11.6. The first-order valence-corrected chi connectivity index (χ1v) is 12.0. The zero-order valence-electron chi connectivity index (χ0n) is 19.6. The number of aromatic nitrogens is 2. The van der Waals surface area contributed by atoms with Crippen LogP contribution in [-0.4, -0.2) is 9.97 Å². The van der Waals surface area contributed by atoms with E-state index in [9.17, 15) is 4.39 Å². The number of nitrogens with one attached hydrogen (secondary N) is 3.